The van der Waals surface area contributed by atoms with Crippen LogP contribution in [0.1, 0.15) is 43.6 Å². The normalized spacial score (nSPS) is 16.7. The van der Waals surface area contributed by atoms with Crippen LogP contribution in [0, 0.1) is 5.92 Å². The van der Waals surface area contributed by atoms with Gasteiger partial charge < -0.3 is 14.2 Å². The summed E-state index contributed by atoms with van der Waals surface area (Å²) in [6.45, 7) is 6.28. The van der Waals surface area contributed by atoms with Crippen molar-refractivity contribution in [2.45, 2.75) is 39.7 Å². The summed E-state index contributed by atoms with van der Waals surface area (Å²) in [6.07, 6.45) is 2.59. The van der Waals surface area contributed by atoms with Gasteiger partial charge in [-0.1, -0.05) is 25.1 Å². The number of hydrogen-bond acceptors (Lipinski definition) is 5. The summed E-state index contributed by atoms with van der Waals surface area (Å²) >= 11 is 1.49. The van der Waals surface area contributed by atoms with E-state index < -0.39 is 0 Å². The van der Waals surface area contributed by atoms with Crippen LogP contribution in [0.15, 0.2) is 35.7 Å². The number of para-hydroxylation sites is 1. The fourth-order valence-electron chi connectivity index (χ4n) is 4.12. The number of aromatic nitrogens is 2. The number of aryl methyl sites for hydroxylation is 1. The average Bonchev–Trinajstić information content (AvgIpc) is 3.39. The highest BCUT2D eigenvalue weighted by molar-refractivity contribution is 7.13. The van der Waals surface area contributed by atoms with Crippen LogP contribution in [0.3, 0.4) is 0 Å². The van der Waals surface area contributed by atoms with Crippen LogP contribution in [0.4, 0.5) is 0 Å². The van der Waals surface area contributed by atoms with E-state index in [-0.39, 0.29) is 17.8 Å². The minimum atomic E-state index is -0.243. The topological polar surface area (TPSA) is 64.4 Å². The van der Waals surface area contributed by atoms with Gasteiger partial charge in [0.05, 0.1) is 18.2 Å². The Morgan fingerprint density at radius 1 is 1.27 bits per heavy atom. The van der Waals surface area contributed by atoms with Crippen molar-refractivity contribution in [1.29, 1.82) is 0 Å². The number of carbonyl (C=O) groups is 2. The monoisotopic (exact) mass is 425 g/mol. The molecule has 7 heteroatoms. The van der Waals surface area contributed by atoms with E-state index in [0.29, 0.717) is 25.4 Å². The van der Waals surface area contributed by atoms with Crippen molar-refractivity contribution in [2.75, 3.05) is 19.7 Å². The zero-order valence-electron chi connectivity index (χ0n) is 17.5. The molecule has 3 heterocycles. The van der Waals surface area contributed by atoms with Crippen LogP contribution in [0.5, 0.6) is 0 Å². The first-order valence-electron chi connectivity index (χ1n) is 10.6. The molecule has 0 N–H and O–H groups in total. The minimum absolute atomic E-state index is 0.107. The third kappa shape index (κ3) is 3.99. The van der Waals surface area contributed by atoms with E-state index in [1.165, 1.54) is 22.2 Å². The highest BCUT2D eigenvalue weighted by atomic mass is 32.1. The van der Waals surface area contributed by atoms with Gasteiger partial charge in [0.15, 0.2) is 0 Å². The molecule has 1 aliphatic heterocycles. The largest absolute Gasteiger partial charge is 0.466 e. The van der Waals surface area contributed by atoms with Crippen molar-refractivity contribution < 1.29 is 14.3 Å². The van der Waals surface area contributed by atoms with E-state index in [1.54, 1.807) is 11.8 Å². The van der Waals surface area contributed by atoms with Gasteiger partial charge in [0.2, 0.25) is 0 Å². The third-order valence-corrected chi connectivity index (χ3v) is 6.39. The Kier molecular flexibility index (Phi) is 6.18. The summed E-state index contributed by atoms with van der Waals surface area (Å²) in [5.74, 6) is -0.560. The molecular formula is C23H27N3O3S. The molecule has 4 rings (SSSR count). The number of ether oxygens (including phenoxy) is 1. The van der Waals surface area contributed by atoms with Crippen molar-refractivity contribution in [3.05, 3.63) is 41.4 Å². The molecule has 1 fully saturated rings. The number of hydrogen-bond donors (Lipinski definition) is 0. The van der Waals surface area contributed by atoms with Crippen molar-refractivity contribution in [1.82, 2.24) is 14.5 Å². The van der Waals surface area contributed by atoms with Crippen LogP contribution >= 0.6 is 11.3 Å². The molecule has 0 aliphatic carbocycles. The van der Waals surface area contributed by atoms with E-state index in [1.807, 2.05) is 17.5 Å². The quantitative estimate of drug-likeness (QED) is 0.542. The number of benzene rings is 1. The van der Waals surface area contributed by atoms with Gasteiger partial charge in [-0.3, -0.25) is 9.59 Å². The van der Waals surface area contributed by atoms with Crippen LogP contribution in [0.2, 0.25) is 0 Å². The number of nitrogens with zero attached hydrogens (tertiary/aromatic N) is 3. The molecule has 0 bridgehead atoms. The summed E-state index contributed by atoms with van der Waals surface area (Å²) in [7, 11) is 0. The van der Waals surface area contributed by atoms with E-state index in [2.05, 4.69) is 29.7 Å². The number of carbonyl (C=O) groups excluding carboxylic acids is 2. The molecule has 2 aromatic heterocycles. The maximum atomic E-state index is 13.1. The Balaban J connectivity index is 1.57. The lowest BCUT2D eigenvalue weighted by Gasteiger charge is -2.31. The second kappa shape index (κ2) is 9.00. The van der Waals surface area contributed by atoms with Crippen molar-refractivity contribution in [2.24, 2.45) is 5.92 Å². The van der Waals surface area contributed by atoms with Gasteiger partial charge >= 0.3 is 5.97 Å². The fourth-order valence-corrected chi connectivity index (χ4v) is 4.94. The minimum Gasteiger partial charge on any atom is -0.466 e. The number of esters is 1. The molecule has 158 valence electrons. The fraction of sp³-hybridized carbons (Fsp3) is 0.435. The van der Waals surface area contributed by atoms with Gasteiger partial charge in [0, 0.05) is 35.9 Å². The number of amides is 1. The summed E-state index contributed by atoms with van der Waals surface area (Å²) in [5, 5.41) is 3.86. The SMILES string of the molecule is CCCn1c(-c2nc(C(=O)N3CCCC(C(=O)OCC)C3)cs2)cc2ccccc21. The Morgan fingerprint density at radius 3 is 2.90 bits per heavy atom. The Morgan fingerprint density at radius 2 is 2.10 bits per heavy atom. The molecule has 30 heavy (non-hydrogen) atoms. The van der Waals surface area contributed by atoms with Gasteiger partial charge in [-0.25, -0.2) is 4.98 Å². The lowest BCUT2D eigenvalue weighted by atomic mass is 9.98. The molecule has 1 amide bonds. The molecular weight excluding hydrogens is 398 g/mol. The number of rotatable bonds is 6. The number of fused-ring (bicyclic) bond motifs is 1. The van der Waals surface area contributed by atoms with E-state index in [0.717, 1.165) is 36.5 Å². The molecule has 1 aromatic carbocycles. The van der Waals surface area contributed by atoms with Gasteiger partial charge in [0.25, 0.3) is 5.91 Å². The molecule has 3 aromatic rings. The summed E-state index contributed by atoms with van der Waals surface area (Å²) in [4.78, 5) is 31.6. The van der Waals surface area contributed by atoms with Crippen LogP contribution in [-0.4, -0.2) is 46.0 Å². The third-order valence-electron chi connectivity index (χ3n) is 5.53. The number of thiazole rings is 1. The maximum absolute atomic E-state index is 13.1. The van der Waals surface area contributed by atoms with Gasteiger partial charge in [-0.2, -0.15) is 0 Å². The molecule has 0 radical (unpaired) electrons. The predicted octanol–water partition coefficient (Wildman–Crippen LogP) is 4.59. The van der Waals surface area contributed by atoms with Crippen LogP contribution in [0.25, 0.3) is 21.6 Å². The van der Waals surface area contributed by atoms with Gasteiger partial charge in [-0.05, 0) is 38.3 Å². The average molecular weight is 426 g/mol. The lowest BCUT2D eigenvalue weighted by Crippen LogP contribution is -2.42. The standard InChI is InChI=1S/C23H27N3O3S/c1-3-11-26-19-10-6-5-8-16(19)13-20(26)21-24-18(15-30-21)22(27)25-12-7-9-17(14-25)23(28)29-4-2/h5-6,8,10,13,15,17H,3-4,7,9,11-12,14H2,1-2H3. The molecule has 1 saturated heterocycles. The number of likely N-dealkylation sites (tertiary alicyclic amines) is 1. The zero-order valence-corrected chi connectivity index (χ0v) is 18.3. The van der Waals surface area contributed by atoms with Gasteiger partial charge in [-0.15, -0.1) is 11.3 Å². The van der Waals surface area contributed by atoms with Crippen molar-refractivity contribution in [3.8, 4) is 10.7 Å². The van der Waals surface area contributed by atoms with E-state index in [9.17, 15) is 9.59 Å². The number of piperidine rings is 1. The first-order valence-corrected chi connectivity index (χ1v) is 11.5. The summed E-state index contributed by atoms with van der Waals surface area (Å²) in [5.41, 5.74) is 2.68. The molecule has 6 nitrogen and oxygen atoms in total. The van der Waals surface area contributed by atoms with E-state index >= 15 is 0 Å². The Bertz CT molecular complexity index is 1060. The van der Waals surface area contributed by atoms with Crippen molar-refractivity contribution >= 4 is 34.1 Å². The smallest absolute Gasteiger partial charge is 0.310 e. The molecule has 1 unspecified atom stereocenters. The highest BCUT2D eigenvalue weighted by Crippen LogP contribution is 2.31. The molecule has 1 atom stereocenters. The second-order valence-corrected chi connectivity index (χ2v) is 8.48. The molecule has 0 spiro atoms. The van der Waals surface area contributed by atoms with Crippen molar-refractivity contribution in [3.63, 3.8) is 0 Å². The van der Waals surface area contributed by atoms with Crippen LogP contribution in [-0.2, 0) is 16.1 Å². The summed E-state index contributed by atoms with van der Waals surface area (Å²) < 4.78 is 7.43. The van der Waals surface area contributed by atoms with E-state index in [4.69, 9.17) is 9.72 Å². The Hall–Kier alpha value is -2.67. The summed E-state index contributed by atoms with van der Waals surface area (Å²) in [6, 6.07) is 10.5. The predicted molar refractivity (Wildman–Crippen MR) is 119 cm³/mol. The van der Waals surface area contributed by atoms with Gasteiger partial charge in [0.1, 0.15) is 10.7 Å². The lowest BCUT2D eigenvalue weighted by molar-refractivity contribution is -0.149. The first-order chi connectivity index (χ1) is 14.6. The first kappa shape index (κ1) is 20.6. The zero-order chi connectivity index (χ0) is 21.1. The maximum Gasteiger partial charge on any atom is 0.310 e. The second-order valence-electron chi connectivity index (χ2n) is 7.62. The Labute approximate surface area is 180 Å². The molecule has 0 saturated carbocycles. The molecule has 1 aliphatic rings. The highest BCUT2D eigenvalue weighted by Gasteiger charge is 2.30. The van der Waals surface area contributed by atoms with Crippen LogP contribution < -0.4 is 0 Å².